The highest BCUT2D eigenvalue weighted by Crippen LogP contribution is 2.36. The van der Waals surface area contributed by atoms with Crippen molar-refractivity contribution in [1.82, 2.24) is 24.9 Å². The van der Waals surface area contributed by atoms with Crippen LogP contribution < -0.4 is 0 Å². The first kappa shape index (κ1) is 19.6. The van der Waals surface area contributed by atoms with Crippen LogP contribution in [0.2, 0.25) is 0 Å². The number of hydrogen-bond donors (Lipinski definition) is 2. The van der Waals surface area contributed by atoms with Crippen LogP contribution >= 0.6 is 0 Å². The van der Waals surface area contributed by atoms with Crippen molar-refractivity contribution in [3.63, 3.8) is 0 Å². The molecule has 0 fully saturated rings. The van der Waals surface area contributed by atoms with Gasteiger partial charge in [-0.25, -0.2) is 14.4 Å². The fourth-order valence-corrected chi connectivity index (χ4v) is 4.54. The first-order valence-corrected chi connectivity index (χ1v) is 11.0. The number of H-pyrrole nitrogens is 2. The van der Waals surface area contributed by atoms with Gasteiger partial charge in [-0.05, 0) is 53.1 Å². The largest absolute Gasteiger partial charge is 0.342 e. The molecule has 0 saturated heterocycles. The van der Waals surface area contributed by atoms with E-state index in [9.17, 15) is 0 Å². The number of imidazole rings is 2. The average molecular weight is 436 g/mol. The van der Waals surface area contributed by atoms with Crippen molar-refractivity contribution in [2.24, 2.45) is 0 Å². The molecule has 0 spiro atoms. The van der Waals surface area contributed by atoms with Gasteiger partial charge in [0.25, 0.3) is 0 Å². The standard InChI is InChI=1S/C27H22FN5/c1-14(2)27-30-13-24(33-27)20-7-5-17(11-23(20)28)16-4-6-19-21(10-16)18-8-9-29-12-22(18)26-25(19)31-15(3)32-26/h4-14H,1-3H3,(H,30,33)(H,31,32). The van der Waals surface area contributed by atoms with E-state index >= 15 is 4.39 Å². The van der Waals surface area contributed by atoms with Crippen LogP contribution in [-0.4, -0.2) is 24.9 Å². The number of aromatic amines is 2. The summed E-state index contributed by atoms with van der Waals surface area (Å²) in [5, 5.41) is 4.25. The third kappa shape index (κ3) is 3.09. The Hall–Kier alpha value is -4.06. The van der Waals surface area contributed by atoms with Crippen molar-refractivity contribution in [2.75, 3.05) is 0 Å². The van der Waals surface area contributed by atoms with Gasteiger partial charge in [0.2, 0.25) is 0 Å². The Kier molecular flexibility index (Phi) is 4.30. The third-order valence-electron chi connectivity index (χ3n) is 6.21. The van der Waals surface area contributed by atoms with Crippen molar-refractivity contribution in [3.8, 4) is 22.4 Å². The summed E-state index contributed by atoms with van der Waals surface area (Å²) in [6, 6.07) is 13.6. The summed E-state index contributed by atoms with van der Waals surface area (Å²) in [7, 11) is 0. The molecule has 162 valence electrons. The highest BCUT2D eigenvalue weighted by molar-refractivity contribution is 6.23. The van der Waals surface area contributed by atoms with Gasteiger partial charge in [-0.2, -0.15) is 0 Å². The van der Waals surface area contributed by atoms with Gasteiger partial charge in [0.15, 0.2) is 0 Å². The molecular weight excluding hydrogens is 413 g/mol. The smallest absolute Gasteiger partial charge is 0.133 e. The van der Waals surface area contributed by atoms with Gasteiger partial charge in [-0.15, -0.1) is 0 Å². The Morgan fingerprint density at radius 3 is 2.45 bits per heavy atom. The van der Waals surface area contributed by atoms with Crippen LogP contribution in [0, 0.1) is 12.7 Å². The molecule has 2 N–H and O–H groups in total. The number of rotatable bonds is 3. The van der Waals surface area contributed by atoms with E-state index in [2.05, 4.69) is 50.9 Å². The topological polar surface area (TPSA) is 70.2 Å². The van der Waals surface area contributed by atoms with Crippen LogP contribution in [-0.2, 0) is 0 Å². The van der Waals surface area contributed by atoms with Crippen molar-refractivity contribution >= 4 is 32.6 Å². The summed E-state index contributed by atoms with van der Waals surface area (Å²) < 4.78 is 15.1. The van der Waals surface area contributed by atoms with Gasteiger partial charge >= 0.3 is 0 Å². The zero-order valence-electron chi connectivity index (χ0n) is 18.6. The Labute approximate surface area is 189 Å². The SMILES string of the molecule is Cc1nc2c3cnccc3c3cc(-c4ccc(-c5cnc(C(C)C)[nH]5)c(F)c4)ccc3c2[nH]1. The molecule has 6 heteroatoms. The quantitative estimate of drug-likeness (QED) is 0.297. The zero-order chi connectivity index (χ0) is 22.7. The summed E-state index contributed by atoms with van der Waals surface area (Å²) in [6.45, 7) is 6.07. The zero-order valence-corrected chi connectivity index (χ0v) is 18.6. The summed E-state index contributed by atoms with van der Waals surface area (Å²) in [4.78, 5) is 20.0. The molecular formula is C27H22FN5. The lowest BCUT2D eigenvalue weighted by atomic mass is 9.96. The number of fused-ring (bicyclic) bond motifs is 6. The minimum atomic E-state index is -0.278. The summed E-state index contributed by atoms with van der Waals surface area (Å²) >= 11 is 0. The van der Waals surface area contributed by atoms with Crippen LogP contribution in [0.15, 0.2) is 61.1 Å². The molecule has 0 unspecified atom stereocenters. The van der Waals surface area contributed by atoms with E-state index in [1.165, 1.54) is 0 Å². The Bertz CT molecular complexity index is 1680. The van der Waals surface area contributed by atoms with E-state index in [-0.39, 0.29) is 11.7 Å². The lowest BCUT2D eigenvalue weighted by Gasteiger charge is -2.10. The Balaban J connectivity index is 1.51. The number of aromatic nitrogens is 5. The van der Waals surface area contributed by atoms with Gasteiger partial charge in [0.05, 0.1) is 22.9 Å². The molecule has 0 aliphatic heterocycles. The maximum absolute atomic E-state index is 15.1. The first-order valence-electron chi connectivity index (χ1n) is 11.0. The van der Waals surface area contributed by atoms with E-state index in [1.807, 2.05) is 37.4 Å². The first-order chi connectivity index (χ1) is 16.0. The highest BCUT2D eigenvalue weighted by atomic mass is 19.1. The Morgan fingerprint density at radius 2 is 1.67 bits per heavy atom. The number of aryl methyl sites for hydroxylation is 1. The fourth-order valence-electron chi connectivity index (χ4n) is 4.54. The highest BCUT2D eigenvalue weighted by Gasteiger charge is 2.15. The van der Waals surface area contributed by atoms with Crippen LogP contribution in [0.3, 0.4) is 0 Å². The van der Waals surface area contributed by atoms with E-state index < -0.39 is 0 Å². The molecule has 0 saturated carbocycles. The normalized spacial score (nSPS) is 11.9. The molecule has 3 aromatic carbocycles. The van der Waals surface area contributed by atoms with Gasteiger partial charge in [0.1, 0.15) is 17.5 Å². The van der Waals surface area contributed by atoms with Gasteiger partial charge in [-0.1, -0.05) is 32.0 Å². The maximum Gasteiger partial charge on any atom is 0.133 e. The predicted molar refractivity (Wildman–Crippen MR) is 131 cm³/mol. The molecule has 33 heavy (non-hydrogen) atoms. The second-order valence-electron chi connectivity index (χ2n) is 8.76. The van der Waals surface area contributed by atoms with Crippen LogP contribution in [0.25, 0.3) is 55.0 Å². The van der Waals surface area contributed by atoms with E-state index in [1.54, 1.807) is 18.5 Å². The summed E-state index contributed by atoms with van der Waals surface area (Å²) in [5.41, 5.74) is 4.91. The number of nitrogens with zero attached hydrogens (tertiary/aromatic N) is 3. The number of pyridine rings is 1. The molecule has 3 heterocycles. The summed E-state index contributed by atoms with van der Waals surface area (Å²) in [6.07, 6.45) is 5.35. The molecule has 6 aromatic rings. The van der Waals surface area contributed by atoms with Crippen molar-refractivity contribution in [3.05, 3.63) is 78.5 Å². The predicted octanol–water partition coefficient (Wildman–Crippen LogP) is 6.89. The molecule has 0 radical (unpaired) electrons. The van der Waals surface area contributed by atoms with E-state index in [0.717, 1.165) is 55.4 Å². The van der Waals surface area contributed by atoms with Crippen molar-refractivity contribution in [1.29, 1.82) is 0 Å². The number of benzene rings is 3. The molecule has 0 atom stereocenters. The minimum absolute atomic E-state index is 0.258. The lowest BCUT2D eigenvalue weighted by Crippen LogP contribution is -1.91. The van der Waals surface area contributed by atoms with Crippen molar-refractivity contribution < 1.29 is 4.39 Å². The molecule has 5 nitrogen and oxygen atoms in total. The molecule has 0 aliphatic rings. The monoisotopic (exact) mass is 435 g/mol. The second kappa shape index (κ2) is 7.24. The molecule has 0 aliphatic carbocycles. The second-order valence-corrected chi connectivity index (χ2v) is 8.76. The minimum Gasteiger partial charge on any atom is -0.342 e. The van der Waals surface area contributed by atoms with E-state index in [0.29, 0.717) is 11.3 Å². The number of nitrogens with one attached hydrogen (secondary N) is 2. The third-order valence-corrected chi connectivity index (χ3v) is 6.21. The lowest BCUT2D eigenvalue weighted by molar-refractivity contribution is 0.631. The van der Waals surface area contributed by atoms with Crippen LogP contribution in [0.1, 0.15) is 31.4 Å². The van der Waals surface area contributed by atoms with Crippen LogP contribution in [0.4, 0.5) is 4.39 Å². The van der Waals surface area contributed by atoms with Gasteiger partial charge in [-0.3, -0.25) is 4.98 Å². The van der Waals surface area contributed by atoms with Crippen molar-refractivity contribution in [2.45, 2.75) is 26.7 Å². The fraction of sp³-hybridized carbons (Fsp3) is 0.148. The van der Waals surface area contributed by atoms with Gasteiger partial charge in [0, 0.05) is 34.6 Å². The van der Waals surface area contributed by atoms with Gasteiger partial charge < -0.3 is 9.97 Å². The average Bonchev–Trinajstić information content (AvgIpc) is 3.46. The molecule has 0 bridgehead atoms. The number of halogens is 1. The maximum atomic E-state index is 15.1. The molecule has 3 aromatic heterocycles. The van der Waals surface area contributed by atoms with Crippen LogP contribution in [0.5, 0.6) is 0 Å². The summed E-state index contributed by atoms with van der Waals surface area (Å²) in [5.74, 6) is 1.70. The molecule has 0 amide bonds. The van der Waals surface area contributed by atoms with E-state index in [4.69, 9.17) is 0 Å². The molecule has 6 rings (SSSR count). The number of hydrogen-bond acceptors (Lipinski definition) is 3. The Morgan fingerprint density at radius 1 is 0.848 bits per heavy atom.